The van der Waals surface area contributed by atoms with Crippen LogP contribution in [0, 0.1) is 0 Å². The molecule has 10 heteroatoms. The Hall–Kier alpha value is -2.78. The summed E-state index contributed by atoms with van der Waals surface area (Å²) in [5.41, 5.74) is 0.971. The van der Waals surface area contributed by atoms with Gasteiger partial charge in [0.05, 0.1) is 19.1 Å². The number of rotatable bonds is 11. The van der Waals surface area contributed by atoms with Gasteiger partial charge in [-0.05, 0) is 43.0 Å². The van der Waals surface area contributed by atoms with Crippen molar-refractivity contribution in [1.82, 2.24) is 10.2 Å². The van der Waals surface area contributed by atoms with Gasteiger partial charge in [0.25, 0.3) is 0 Å². The Morgan fingerprint density at radius 3 is 2.44 bits per heavy atom. The highest BCUT2D eigenvalue weighted by Gasteiger charge is 2.33. The zero-order chi connectivity index (χ0) is 26.3. The van der Waals surface area contributed by atoms with Gasteiger partial charge in [0.1, 0.15) is 18.3 Å². The zero-order valence-corrected chi connectivity index (χ0v) is 22.5. The molecule has 0 aliphatic heterocycles. The molecule has 1 aliphatic rings. The second-order valence-electron chi connectivity index (χ2n) is 9.00. The van der Waals surface area contributed by atoms with Gasteiger partial charge in [-0.1, -0.05) is 55.6 Å². The predicted molar refractivity (Wildman–Crippen MR) is 142 cm³/mol. The molecule has 196 valence electrons. The molecule has 36 heavy (non-hydrogen) atoms. The lowest BCUT2D eigenvalue weighted by molar-refractivity contribution is -0.140. The summed E-state index contributed by atoms with van der Waals surface area (Å²) in [5, 5.41) is 3.55. The van der Waals surface area contributed by atoms with Gasteiger partial charge in [0.2, 0.25) is 21.8 Å². The SMILES string of the molecule is CC[C@H](C(=O)NC1CCCC1)N(Cc1ccccc1Cl)C(=O)CN(c1cccc(OC)c1)S(C)(=O)=O. The molecule has 0 radical (unpaired) electrons. The molecule has 0 spiro atoms. The Bertz CT molecular complexity index is 1170. The van der Waals surface area contributed by atoms with Crippen molar-refractivity contribution in [2.45, 2.75) is 57.7 Å². The van der Waals surface area contributed by atoms with Gasteiger partial charge in [-0.25, -0.2) is 8.42 Å². The number of anilines is 1. The van der Waals surface area contributed by atoms with Crippen molar-refractivity contribution in [3.63, 3.8) is 0 Å². The maximum absolute atomic E-state index is 13.8. The first-order valence-electron chi connectivity index (χ1n) is 12.1. The number of nitrogens with one attached hydrogen (secondary N) is 1. The minimum Gasteiger partial charge on any atom is -0.497 e. The first kappa shape index (κ1) is 27.8. The lowest BCUT2D eigenvalue weighted by Crippen LogP contribution is -2.53. The van der Waals surface area contributed by atoms with Crippen molar-refractivity contribution in [2.24, 2.45) is 0 Å². The van der Waals surface area contributed by atoms with E-state index in [1.54, 1.807) is 42.5 Å². The van der Waals surface area contributed by atoms with E-state index in [9.17, 15) is 18.0 Å². The van der Waals surface area contributed by atoms with Gasteiger partial charge < -0.3 is 15.0 Å². The first-order chi connectivity index (χ1) is 17.1. The largest absolute Gasteiger partial charge is 0.497 e. The summed E-state index contributed by atoms with van der Waals surface area (Å²) in [5.74, 6) is -0.280. The van der Waals surface area contributed by atoms with Crippen molar-refractivity contribution in [1.29, 1.82) is 0 Å². The van der Waals surface area contributed by atoms with E-state index < -0.39 is 28.5 Å². The lowest BCUT2D eigenvalue weighted by Gasteiger charge is -2.33. The van der Waals surface area contributed by atoms with Crippen LogP contribution in [0.1, 0.15) is 44.6 Å². The Kier molecular flexibility index (Phi) is 9.62. The molecule has 0 unspecified atom stereocenters. The molecule has 0 heterocycles. The summed E-state index contributed by atoms with van der Waals surface area (Å²) in [7, 11) is -2.34. The van der Waals surface area contributed by atoms with E-state index >= 15 is 0 Å². The number of halogens is 1. The van der Waals surface area contributed by atoms with E-state index in [1.807, 2.05) is 13.0 Å². The van der Waals surface area contributed by atoms with E-state index in [0.717, 1.165) is 36.2 Å². The highest BCUT2D eigenvalue weighted by Crippen LogP contribution is 2.25. The number of hydrogen-bond acceptors (Lipinski definition) is 5. The van der Waals surface area contributed by atoms with Crippen LogP contribution in [0.4, 0.5) is 5.69 Å². The van der Waals surface area contributed by atoms with Gasteiger partial charge >= 0.3 is 0 Å². The molecule has 1 fully saturated rings. The van der Waals surface area contributed by atoms with Crippen LogP contribution < -0.4 is 14.4 Å². The fourth-order valence-corrected chi connectivity index (χ4v) is 5.51. The molecule has 2 aromatic carbocycles. The van der Waals surface area contributed by atoms with Crippen LogP contribution in [0.2, 0.25) is 5.02 Å². The van der Waals surface area contributed by atoms with Crippen molar-refractivity contribution in [2.75, 3.05) is 24.2 Å². The number of methoxy groups -OCH3 is 1. The Morgan fingerprint density at radius 2 is 1.83 bits per heavy atom. The molecule has 8 nitrogen and oxygen atoms in total. The third kappa shape index (κ3) is 7.13. The van der Waals surface area contributed by atoms with Crippen LogP contribution in [-0.4, -0.2) is 57.1 Å². The van der Waals surface area contributed by atoms with Gasteiger partial charge in [-0.3, -0.25) is 13.9 Å². The monoisotopic (exact) mass is 535 g/mol. The molecule has 0 saturated heterocycles. The fourth-order valence-electron chi connectivity index (χ4n) is 4.48. The molecule has 0 aromatic heterocycles. The number of benzene rings is 2. The summed E-state index contributed by atoms with van der Waals surface area (Å²) < 4.78 is 31.7. The van der Waals surface area contributed by atoms with E-state index in [-0.39, 0.29) is 18.5 Å². The summed E-state index contributed by atoms with van der Waals surface area (Å²) in [4.78, 5) is 28.5. The number of amides is 2. The van der Waals surface area contributed by atoms with Crippen LogP contribution in [0.15, 0.2) is 48.5 Å². The maximum atomic E-state index is 13.8. The van der Waals surface area contributed by atoms with Gasteiger partial charge in [-0.15, -0.1) is 0 Å². The van der Waals surface area contributed by atoms with Gasteiger partial charge in [0, 0.05) is 23.7 Å². The van der Waals surface area contributed by atoms with Crippen molar-refractivity contribution in [3.05, 3.63) is 59.1 Å². The summed E-state index contributed by atoms with van der Waals surface area (Å²) in [6.45, 7) is 1.44. The molecule has 2 amide bonds. The molecular formula is C26H34ClN3O5S. The standard InChI is InChI=1S/C26H34ClN3O5S/c1-4-24(26(32)28-20-11-6-7-12-20)29(17-19-10-5-8-15-23(19)27)25(31)18-30(36(3,33)34)21-13-9-14-22(16-21)35-2/h5,8-10,13-16,20,24H,4,6-7,11-12,17-18H2,1-3H3,(H,28,32)/t24-/m1/s1. The Labute approximate surface area is 218 Å². The van der Waals surface area contributed by atoms with E-state index in [2.05, 4.69) is 5.32 Å². The number of carbonyl (C=O) groups is 2. The van der Waals surface area contributed by atoms with Crippen LogP contribution in [0.5, 0.6) is 5.75 Å². The first-order valence-corrected chi connectivity index (χ1v) is 14.3. The Morgan fingerprint density at radius 1 is 1.14 bits per heavy atom. The lowest BCUT2D eigenvalue weighted by atomic mass is 10.1. The normalized spacial score (nSPS) is 14.8. The molecule has 1 saturated carbocycles. The second kappa shape index (κ2) is 12.5. The third-order valence-electron chi connectivity index (χ3n) is 6.41. The summed E-state index contributed by atoms with van der Waals surface area (Å²) in [6.07, 6.45) is 5.37. The molecule has 3 rings (SSSR count). The number of carbonyl (C=O) groups excluding carboxylic acids is 2. The minimum atomic E-state index is -3.82. The third-order valence-corrected chi connectivity index (χ3v) is 7.92. The molecule has 1 aliphatic carbocycles. The molecule has 0 bridgehead atoms. The summed E-state index contributed by atoms with van der Waals surface area (Å²) >= 11 is 6.39. The van der Waals surface area contributed by atoms with Gasteiger partial charge in [0.15, 0.2) is 0 Å². The van der Waals surface area contributed by atoms with E-state index in [4.69, 9.17) is 16.3 Å². The smallest absolute Gasteiger partial charge is 0.244 e. The number of sulfonamides is 1. The van der Waals surface area contributed by atoms with Crippen LogP contribution in [-0.2, 0) is 26.2 Å². The van der Waals surface area contributed by atoms with Crippen LogP contribution >= 0.6 is 11.6 Å². The zero-order valence-electron chi connectivity index (χ0n) is 20.9. The molecule has 1 N–H and O–H groups in total. The number of nitrogens with zero attached hydrogens (tertiary/aromatic N) is 2. The summed E-state index contributed by atoms with van der Waals surface area (Å²) in [6, 6.07) is 12.9. The topological polar surface area (TPSA) is 96.0 Å². The van der Waals surface area contributed by atoms with Crippen molar-refractivity contribution in [3.8, 4) is 5.75 Å². The highest BCUT2D eigenvalue weighted by atomic mass is 35.5. The van der Waals surface area contributed by atoms with Crippen LogP contribution in [0.3, 0.4) is 0 Å². The quantitative estimate of drug-likeness (QED) is 0.469. The van der Waals surface area contributed by atoms with Gasteiger partial charge in [-0.2, -0.15) is 0 Å². The van der Waals surface area contributed by atoms with E-state index in [0.29, 0.717) is 28.4 Å². The fraction of sp³-hybridized carbons (Fsp3) is 0.462. The molecule has 1 atom stereocenters. The predicted octanol–water partition coefficient (Wildman–Crippen LogP) is 3.98. The second-order valence-corrected chi connectivity index (χ2v) is 11.3. The Balaban J connectivity index is 1.94. The van der Waals surface area contributed by atoms with Crippen molar-refractivity contribution >= 4 is 39.1 Å². The molecular weight excluding hydrogens is 502 g/mol. The number of ether oxygens (including phenoxy) is 1. The average Bonchev–Trinajstić information content (AvgIpc) is 3.35. The average molecular weight is 536 g/mol. The highest BCUT2D eigenvalue weighted by molar-refractivity contribution is 7.92. The van der Waals surface area contributed by atoms with E-state index in [1.165, 1.54) is 12.0 Å². The minimum absolute atomic E-state index is 0.0742. The molecule has 2 aromatic rings. The van der Waals surface area contributed by atoms with Crippen LogP contribution in [0.25, 0.3) is 0 Å². The number of hydrogen-bond donors (Lipinski definition) is 1. The maximum Gasteiger partial charge on any atom is 0.244 e. The van der Waals surface area contributed by atoms with Crippen molar-refractivity contribution < 1.29 is 22.7 Å².